The molecule has 4 aliphatic heterocycles. The molecule has 2 fully saturated rings. The van der Waals surface area contributed by atoms with Crippen molar-refractivity contribution < 1.29 is 28.3 Å². The first-order chi connectivity index (χ1) is 11.6. The first kappa shape index (κ1) is 15.9. The van der Waals surface area contributed by atoms with E-state index in [0.717, 1.165) is 0 Å². The second-order valence-electron chi connectivity index (χ2n) is 5.34. The molecule has 4 amide bonds. The highest BCUT2D eigenvalue weighted by molar-refractivity contribution is 6.12. The van der Waals surface area contributed by atoms with Crippen LogP contribution in [-0.2, 0) is 23.9 Å². The van der Waals surface area contributed by atoms with Gasteiger partial charge in [0.2, 0.25) is 11.8 Å². The zero-order valence-corrected chi connectivity index (χ0v) is 12.4. The summed E-state index contributed by atoms with van der Waals surface area (Å²) in [5.41, 5.74) is 0. The van der Waals surface area contributed by atoms with E-state index in [0.29, 0.717) is 0 Å². The second-order valence-corrected chi connectivity index (χ2v) is 5.34. The topological polar surface area (TPSA) is 115 Å². The maximum Gasteiger partial charge on any atom is 0.250 e. The van der Waals surface area contributed by atoms with Crippen LogP contribution in [0.1, 0.15) is 0 Å². The van der Waals surface area contributed by atoms with Crippen LogP contribution in [0.25, 0.3) is 0 Å². The van der Waals surface area contributed by atoms with Crippen molar-refractivity contribution in [3.63, 3.8) is 0 Å². The van der Waals surface area contributed by atoms with Gasteiger partial charge in [-0.25, -0.2) is 0 Å². The molecule has 124 valence electrons. The predicted molar refractivity (Wildman–Crippen MR) is 78.9 cm³/mol. The van der Waals surface area contributed by atoms with Gasteiger partial charge in [-0.3, -0.25) is 29.8 Å². The molecule has 8 heteroatoms. The van der Waals surface area contributed by atoms with Crippen molar-refractivity contribution in [1.29, 1.82) is 0 Å². The molecule has 2 saturated heterocycles. The van der Waals surface area contributed by atoms with Gasteiger partial charge in [0.1, 0.15) is 0 Å². The molecule has 0 aliphatic carbocycles. The normalized spacial score (nSPS) is 31.0. The Bertz CT molecular complexity index is 660. The maximum absolute atomic E-state index is 11.2. The van der Waals surface area contributed by atoms with E-state index in [4.69, 9.17) is 4.74 Å². The summed E-state index contributed by atoms with van der Waals surface area (Å²) >= 11 is 0. The highest BCUT2D eigenvalue weighted by Crippen LogP contribution is 2.41. The number of fused-ring (bicyclic) bond motifs is 5. The number of furan rings is 1. The summed E-state index contributed by atoms with van der Waals surface area (Å²) in [5.74, 6) is -1.53. The van der Waals surface area contributed by atoms with Gasteiger partial charge in [0.25, 0.3) is 11.8 Å². The van der Waals surface area contributed by atoms with E-state index in [1.807, 2.05) is 29.6 Å². The third kappa shape index (κ3) is 3.18. The van der Waals surface area contributed by atoms with Crippen LogP contribution in [0, 0.1) is 11.8 Å². The molecule has 0 aromatic carbocycles. The average molecular weight is 330 g/mol. The number of carbonyl (C=O) groups excluding carboxylic acids is 4. The Hall–Kier alpha value is -3.00. The van der Waals surface area contributed by atoms with Gasteiger partial charge in [-0.05, 0) is 12.1 Å². The summed E-state index contributed by atoms with van der Waals surface area (Å²) in [5, 5.41) is 4.35. The number of imide groups is 2. The van der Waals surface area contributed by atoms with Gasteiger partial charge < -0.3 is 9.15 Å². The average Bonchev–Trinajstić information content (AvgIpc) is 3.33. The third-order valence-corrected chi connectivity index (χ3v) is 3.81. The zero-order chi connectivity index (χ0) is 17.1. The molecular formula is C16H14N2O6. The SMILES string of the molecule is O=C1C=CC(=O)N1.O=C1NC(=O)C2C3C=CC(O3)C12.c1ccoc1. The van der Waals surface area contributed by atoms with Gasteiger partial charge in [0.15, 0.2) is 0 Å². The summed E-state index contributed by atoms with van der Waals surface area (Å²) in [6, 6.07) is 3.67. The number of hydrogen-bond acceptors (Lipinski definition) is 6. The fraction of sp³-hybridized carbons (Fsp3) is 0.250. The largest absolute Gasteiger partial charge is 0.473 e. The molecule has 0 radical (unpaired) electrons. The van der Waals surface area contributed by atoms with Gasteiger partial charge in [-0.15, -0.1) is 0 Å². The van der Waals surface area contributed by atoms with E-state index in [-0.39, 0.29) is 47.7 Å². The Kier molecular flexibility index (Phi) is 4.39. The van der Waals surface area contributed by atoms with Gasteiger partial charge >= 0.3 is 0 Å². The molecule has 2 bridgehead atoms. The Morgan fingerprint density at radius 1 is 0.750 bits per heavy atom. The molecule has 8 nitrogen and oxygen atoms in total. The molecule has 2 N–H and O–H groups in total. The summed E-state index contributed by atoms with van der Waals surface area (Å²) in [7, 11) is 0. The van der Waals surface area contributed by atoms with Crippen molar-refractivity contribution in [2.24, 2.45) is 11.8 Å². The number of ether oxygens (including phenoxy) is 1. The maximum atomic E-state index is 11.2. The van der Waals surface area contributed by atoms with Crippen LogP contribution in [0.2, 0.25) is 0 Å². The Labute approximate surface area is 136 Å². The molecule has 4 unspecified atom stereocenters. The van der Waals surface area contributed by atoms with Crippen molar-refractivity contribution in [3.8, 4) is 0 Å². The van der Waals surface area contributed by atoms with Crippen molar-refractivity contribution in [2.75, 3.05) is 0 Å². The molecule has 4 aliphatic rings. The monoisotopic (exact) mass is 330 g/mol. The molecule has 4 atom stereocenters. The van der Waals surface area contributed by atoms with Gasteiger partial charge in [0.05, 0.1) is 36.6 Å². The standard InChI is InChI=1S/C8H7NO3.C4H3NO2.C4H4O/c10-7-5-3-1-2-4(12-3)6(5)8(11)9-7;6-3-1-2-4(7)5-3;1-2-4-5-3-1/h1-6H,(H,9,10,11);1-2H,(H,5,6,7);1-4H. The minimum absolute atomic E-state index is 0.161. The first-order valence-corrected chi connectivity index (χ1v) is 7.25. The highest BCUT2D eigenvalue weighted by Gasteiger charge is 2.57. The molecule has 5 rings (SSSR count). The van der Waals surface area contributed by atoms with Crippen molar-refractivity contribution in [1.82, 2.24) is 10.6 Å². The van der Waals surface area contributed by atoms with Gasteiger partial charge in [-0.2, -0.15) is 0 Å². The Morgan fingerprint density at radius 2 is 1.25 bits per heavy atom. The van der Waals surface area contributed by atoms with Crippen molar-refractivity contribution >= 4 is 23.6 Å². The summed E-state index contributed by atoms with van der Waals surface area (Å²) in [4.78, 5) is 42.5. The lowest BCUT2D eigenvalue weighted by atomic mass is 9.85. The van der Waals surface area contributed by atoms with Gasteiger partial charge in [-0.1, -0.05) is 12.2 Å². The minimum atomic E-state index is -0.329. The van der Waals surface area contributed by atoms with Crippen LogP contribution < -0.4 is 10.6 Å². The quantitative estimate of drug-likeness (QED) is 0.498. The van der Waals surface area contributed by atoms with Crippen molar-refractivity contribution in [3.05, 3.63) is 49.0 Å². The van der Waals surface area contributed by atoms with Crippen LogP contribution in [-0.4, -0.2) is 35.8 Å². The summed E-state index contributed by atoms with van der Waals surface area (Å²) in [6.07, 6.45) is 9.05. The Balaban J connectivity index is 0.000000120. The lowest BCUT2D eigenvalue weighted by Gasteiger charge is -2.10. The van der Waals surface area contributed by atoms with Crippen LogP contribution in [0.4, 0.5) is 0 Å². The van der Waals surface area contributed by atoms with Gasteiger partial charge in [0, 0.05) is 12.2 Å². The van der Waals surface area contributed by atoms with E-state index in [1.54, 1.807) is 12.5 Å². The van der Waals surface area contributed by atoms with E-state index < -0.39 is 0 Å². The number of amides is 4. The summed E-state index contributed by atoms with van der Waals surface area (Å²) < 4.78 is 9.97. The molecule has 1 aromatic heterocycles. The molecular weight excluding hydrogens is 316 g/mol. The van der Waals surface area contributed by atoms with E-state index in [2.05, 4.69) is 9.73 Å². The molecule has 1 aromatic rings. The number of nitrogens with one attached hydrogen (secondary N) is 2. The lowest BCUT2D eigenvalue weighted by Crippen LogP contribution is -2.27. The van der Waals surface area contributed by atoms with E-state index in [1.165, 1.54) is 12.2 Å². The van der Waals surface area contributed by atoms with Crippen LogP contribution in [0.5, 0.6) is 0 Å². The zero-order valence-electron chi connectivity index (χ0n) is 12.4. The molecule has 5 heterocycles. The fourth-order valence-electron chi connectivity index (χ4n) is 2.80. The molecule has 24 heavy (non-hydrogen) atoms. The minimum Gasteiger partial charge on any atom is -0.473 e. The van der Waals surface area contributed by atoms with Crippen molar-refractivity contribution in [2.45, 2.75) is 12.2 Å². The Morgan fingerprint density at radius 3 is 1.58 bits per heavy atom. The number of hydrogen-bond donors (Lipinski definition) is 2. The first-order valence-electron chi connectivity index (χ1n) is 7.25. The third-order valence-electron chi connectivity index (χ3n) is 3.81. The lowest BCUT2D eigenvalue weighted by molar-refractivity contribution is -0.128. The van der Waals surface area contributed by atoms with Crippen LogP contribution in [0.3, 0.4) is 0 Å². The molecule has 0 saturated carbocycles. The van der Waals surface area contributed by atoms with Crippen LogP contribution in [0.15, 0.2) is 53.4 Å². The fourth-order valence-corrected chi connectivity index (χ4v) is 2.80. The predicted octanol–water partition coefficient (Wildman–Crippen LogP) is -0.309. The number of rotatable bonds is 0. The van der Waals surface area contributed by atoms with E-state index >= 15 is 0 Å². The van der Waals surface area contributed by atoms with Crippen LogP contribution >= 0.6 is 0 Å². The number of carbonyl (C=O) groups is 4. The second kappa shape index (κ2) is 6.63. The molecule has 0 spiro atoms. The summed E-state index contributed by atoms with van der Waals surface area (Å²) in [6.45, 7) is 0. The highest BCUT2D eigenvalue weighted by atomic mass is 16.5. The smallest absolute Gasteiger partial charge is 0.250 e. The van der Waals surface area contributed by atoms with E-state index in [9.17, 15) is 19.2 Å².